The molecule has 1 aromatic carbocycles. The van der Waals surface area contributed by atoms with Crippen LogP contribution in [0.25, 0.3) is 11.0 Å². The van der Waals surface area contributed by atoms with E-state index in [-0.39, 0.29) is 11.7 Å². The number of aromatic carboxylic acids is 1. The van der Waals surface area contributed by atoms with Crippen molar-refractivity contribution in [3.63, 3.8) is 0 Å². The zero-order valence-corrected chi connectivity index (χ0v) is 16.0. The van der Waals surface area contributed by atoms with Crippen molar-refractivity contribution in [1.82, 2.24) is 24.6 Å². The molecular formula is C20H25N5O2. The molecule has 2 N–H and O–H groups in total. The van der Waals surface area contributed by atoms with E-state index in [0.717, 1.165) is 41.0 Å². The Morgan fingerprint density at radius 1 is 1.44 bits per heavy atom. The van der Waals surface area contributed by atoms with Crippen molar-refractivity contribution in [2.75, 3.05) is 7.05 Å². The van der Waals surface area contributed by atoms with Crippen LogP contribution in [0.2, 0.25) is 0 Å². The lowest BCUT2D eigenvalue weighted by atomic mass is 9.90. The summed E-state index contributed by atoms with van der Waals surface area (Å²) in [5.41, 5.74) is 5.43. The second kappa shape index (κ2) is 6.81. The predicted octanol–water partition coefficient (Wildman–Crippen LogP) is 2.78. The van der Waals surface area contributed by atoms with Crippen molar-refractivity contribution in [2.45, 2.75) is 52.2 Å². The highest BCUT2D eigenvalue weighted by Crippen LogP contribution is 2.28. The number of hydrogen-bond donors (Lipinski definition) is 2. The van der Waals surface area contributed by atoms with E-state index < -0.39 is 5.97 Å². The van der Waals surface area contributed by atoms with E-state index >= 15 is 0 Å². The Morgan fingerprint density at radius 3 is 3.00 bits per heavy atom. The molecule has 0 fully saturated rings. The number of aromatic amines is 1. The van der Waals surface area contributed by atoms with Gasteiger partial charge in [0.05, 0.1) is 17.6 Å². The van der Waals surface area contributed by atoms with Crippen LogP contribution in [0.5, 0.6) is 0 Å². The molecule has 4 rings (SSSR count). The second-order valence-corrected chi connectivity index (χ2v) is 7.41. The number of benzene rings is 1. The molecule has 0 unspecified atom stereocenters. The summed E-state index contributed by atoms with van der Waals surface area (Å²) in [5.74, 6) is 0.000940. The number of imidazole rings is 1. The van der Waals surface area contributed by atoms with E-state index in [1.807, 2.05) is 17.7 Å². The first-order valence-corrected chi connectivity index (χ1v) is 9.43. The fourth-order valence-corrected chi connectivity index (χ4v) is 4.10. The standard InChI is InChI=1S/C20H25N5O2/c1-4-25-17-8-6-13(10-14(17)19(23-25)20(26)27)24(3)11-18-21-15-7-5-12(2)9-16(15)22-18/h5,7,9,13H,4,6,8,10-11H2,1-3H3,(H,21,22)(H,26,27)/t13-/m0/s1. The van der Waals surface area contributed by atoms with Gasteiger partial charge < -0.3 is 10.1 Å². The molecule has 2 aromatic heterocycles. The largest absolute Gasteiger partial charge is 0.476 e. The smallest absolute Gasteiger partial charge is 0.356 e. The first-order valence-electron chi connectivity index (χ1n) is 9.43. The number of carboxylic acid groups (broad SMARTS) is 1. The molecule has 0 radical (unpaired) electrons. The minimum absolute atomic E-state index is 0.212. The number of aryl methyl sites for hydroxylation is 2. The summed E-state index contributed by atoms with van der Waals surface area (Å²) in [5, 5.41) is 13.8. The number of nitrogens with zero attached hydrogens (tertiary/aromatic N) is 4. The van der Waals surface area contributed by atoms with Gasteiger partial charge >= 0.3 is 5.97 Å². The van der Waals surface area contributed by atoms with Gasteiger partial charge in [0.1, 0.15) is 5.82 Å². The Kier molecular flexibility index (Phi) is 4.47. The topological polar surface area (TPSA) is 87.0 Å². The molecule has 7 nitrogen and oxygen atoms in total. The van der Waals surface area contributed by atoms with E-state index in [1.165, 1.54) is 5.56 Å². The Balaban J connectivity index is 1.54. The third-order valence-corrected chi connectivity index (χ3v) is 5.53. The van der Waals surface area contributed by atoms with Gasteiger partial charge in [0.15, 0.2) is 5.69 Å². The maximum atomic E-state index is 11.6. The van der Waals surface area contributed by atoms with Gasteiger partial charge in [-0.3, -0.25) is 9.58 Å². The highest BCUT2D eigenvalue weighted by atomic mass is 16.4. The van der Waals surface area contributed by atoms with Crippen molar-refractivity contribution in [3.8, 4) is 0 Å². The summed E-state index contributed by atoms with van der Waals surface area (Å²) in [4.78, 5) is 22.0. The van der Waals surface area contributed by atoms with Crippen LogP contribution < -0.4 is 0 Å². The van der Waals surface area contributed by atoms with Crippen LogP contribution in [0, 0.1) is 6.92 Å². The SMILES string of the molecule is CCn1nc(C(=O)O)c2c1CC[C@H](N(C)Cc1nc3ccc(C)cc3[nH]1)C2. The minimum Gasteiger partial charge on any atom is -0.476 e. The van der Waals surface area contributed by atoms with Gasteiger partial charge in [-0.2, -0.15) is 5.10 Å². The lowest BCUT2D eigenvalue weighted by Crippen LogP contribution is -2.36. The van der Waals surface area contributed by atoms with Crippen LogP contribution in [-0.4, -0.2) is 48.8 Å². The Bertz CT molecular complexity index is 1000. The van der Waals surface area contributed by atoms with Crippen LogP contribution >= 0.6 is 0 Å². The van der Waals surface area contributed by atoms with E-state index in [4.69, 9.17) is 0 Å². The molecular weight excluding hydrogens is 342 g/mol. The number of aromatic nitrogens is 4. The number of hydrogen-bond acceptors (Lipinski definition) is 4. The van der Waals surface area contributed by atoms with Gasteiger partial charge in [0.2, 0.25) is 0 Å². The third kappa shape index (κ3) is 3.23. The molecule has 7 heteroatoms. The van der Waals surface area contributed by atoms with Gasteiger partial charge in [0.25, 0.3) is 0 Å². The summed E-state index contributed by atoms with van der Waals surface area (Å²) >= 11 is 0. The van der Waals surface area contributed by atoms with E-state index in [9.17, 15) is 9.90 Å². The van der Waals surface area contributed by atoms with E-state index in [1.54, 1.807) is 0 Å². The van der Waals surface area contributed by atoms with Crippen LogP contribution in [0.3, 0.4) is 0 Å². The number of H-pyrrole nitrogens is 1. The highest BCUT2D eigenvalue weighted by Gasteiger charge is 2.30. The molecule has 0 amide bonds. The normalized spacial score (nSPS) is 16.8. The summed E-state index contributed by atoms with van der Waals surface area (Å²) in [6.45, 7) is 5.48. The molecule has 1 aliphatic rings. The number of carboxylic acids is 1. The lowest BCUT2D eigenvalue weighted by Gasteiger charge is -2.31. The number of likely N-dealkylation sites (N-methyl/N-ethyl adjacent to an activating group) is 1. The van der Waals surface area contributed by atoms with Crippen LogP contribution in [0.1, 0.15) is 46.5 Å². The van der Waals surface area contributed by atoms with Crippen molar-refractivity contribution < 1.29 is 9.90 Å². The fourth-order valence-electron chi connectivity index (χ4n) is 4.10. The van der Waals surface area contributed by atoms with Crippen LogP contribution in [0.4, 0.5) is 0 Å². The predicted molar refractivity (Wildman–Crippen MR) is 103 cm³/mol. The third-order valence-electron chi connectivity index (χ3n) is 5.53. The Morgan fingerprint density at radius 2 is 2.26 bits per heavy atom. The Hall–Kier alpha value is -2.67. The summed E-state index contributed by atoms with van der Waals surface area (Å²) in [7, 11) is 2.08. The summed E-state index contributed by atoms with van der Waals surface area (Å²) < 4.78 is 1.84. The van der Waals surface area contributed by atoms with Gasteiger partial charge in [-0.15, -0.1) is 0 Å². The van der Waals surface area contributed by atoms with Crippen molar-refractivity contribution >= 4 is 17.0 Å². The number of fused-ring (bicyclic) bond motifs is 2. The molecule has 3 aromatic rings. The summed E-state index contributed by atoms with van der Waals surface area (Å²) in [6, 6.07) is 6.49. The molecule has 1 aliphatic carbocycles. The van der Waals surface area contributed by atoms with Gasteiger partial charge in [0, 0.05) is 23.8 Å². The monoisotopic (exact) mass is 367 g/mol. The molecule has 0 aliphatic heterocycles. The van der Waals surface area contributed by atoms with E-state index in [0.29, 0.717) is 19.5 Å². The lowest BCUT2D eigenvalue weighted by molar-refractivity contribution is 0.0687. The fraction of sp³-hybridized carbons (Fsp3) is 0.450. The molecule has 27 heavy (non-hydrogen) atoms. The number of nitrogens with one attached hydrogen (secondary N) is 1. The maximum absolute atomic E-state index is 11.6. The molecule has 0 spiro atoms. The number of rotatable bonds is 5. The van der Waals surface area contributed by atoms with E-state index in [2.05, 4.69) is 46.1 Å². The molecule has 2 heterocycles. The molecule has 0 saturated heterocycles. The maximum Gasteiger partial charge on any atom is 0.356 e. The average Bonchev–Trinajstić information content (AvgIpc) is 3.21. The highest BCUT2D eigenvalue weighted by molar-refractivity contribution is 5.87. The van der Waals surface area contributed by atoms with Gasteiger partial charge in [-0.05, 0) is 57.9 Å². The number of carbonyl (C=O) groups is 1. The molecule has 0 bridgehead atoms. The zero-order chi connectivity index (χ0) is 19.1. The molecule has 142 valence electrons. The first kappa shape index (κ1) is 17.7. The molecule has 1 atom stereocenters. The first-order chi connectivity index (χ1) is 13.0. The zero-order valence-electron chi connectivity index (χ0n) is 16.0. The van der Waals surface area contributed by atoms with Gasteiger partial charge in [-0.25, -0.2) is 9.78 Å². The minimum atomic E-state index is -0.936. The van der Waals surface area contributed by atoms with Crippen molar-refractivity contribution in [2.24, 2.45) is 0 Å². The van der Waals surface area contributed by atoms with Crippen LogP contribution in [0.15, 0.2) is 18.2 Å². The van der Waals surface area contributed by atoms with Crippen molar-refractivity contribution in [3.05, 3.63) is 46.5 Å². The average molecular weight is 367 g/mol. The van der Waals surface area contributed by atoms with Gasteiger partial charge in [-0.1, -0.05) is 6.07 Å². The molecule has 0 saturated carbocycles. The van der Waals surface area contributed by atoms with Crippen molar-refractivity contribution in [1.29, 1.82) is 0 Å². The Labute approximate surface area is 158 Å². The van der Waals surface area contributed by atoms with Crippen LogP contribution in [-0.2, 0) is 25.9 Å². The summed E-state index contributed by atoms with van der Waals surface area (Å²) in [6.07, 6.45) is 2.57. The second-order valence-electron chi connectivity index (χ2n) is 7.41. The quantitative estimate of drug-likeness (QED) is 0.724.